The van der Waals surface area contributed by atoms with Gasteiger partial charge in [0.1, 0.15) is 6.26 Å². The SMILES string of the molecule is CCNC(CSc1ncco1)c1cc(C)cc(C)c1. The summed E-state index contributed by atoms with van der Waals surface area (Å²) in [5.74, 6) is 0.914. The summed E-state index contributed by atoms with van der Waals surface area (Å²) in [5, 5.41) is 4.25. The van der Waals surface area contributed by atoms with E-state index in [1.807, 2.05) is 0 Å². The molecule has 1 unspecified atom stereocenters. The van der Waals surface area contributed by atoms with E-state index >= 15 is 0 Å². The van der Waals surface area contributed by atoms with Gasteiger partial charge in [-0.1, -0.05) is 48.0 Å². The number of aryl methyl sites for hydroxylation is 2. The van der Waals surface area contributed by atoms with Crippen LogP contribution in [0.4, 0.5) is 0 Å². The van der Waals surface area contributed by atoms with E-state index in [0.717, 1.165) is 17.5 Å². The van der Waals surface area contributed by atoms with E-state index in [4.69, 9.17) is 4.42 Å². The minimum absolute atomic E-state index is 0.320. The fraction of sp³-hybridized carbons (Fsp3) is 0.400. The lowest BCUT2D eigenvalue weighted by molar-refractivity contribution is 0.453. The number of nitrogens with zero attached hydrogens (tertiary/aromatic N) is 1. The zero-order valence-corrected chi connectivity index (χ0v) is 12.5. The number of hydrogen-bond acceptors (Lipinski definition) is 4. The van der Waals surface area contributed by atoms with Crippen LogP contribution in [0.2, 0.25) is 0 Å². The lowest BCUT2D eigenvalue weighted by Gasteiger charge is -2.18. The molecule has 1 aromatic heterocycles. The summed E-state index contributed by atoms with van der Waals surface area (Å²) in [6, 6.07) is 7.01. The summed E-state index contributed by atoms with van der Waals surface area (Å²) < 4.78 is 5.27. The van der Waals surface area contributed by atoms with Crippen LogP contribution in [0, 0.1) is 13.8 Å². The minimum Gasteiger partial charge on any atom is -0.440 e. The van der Waals surface area contributed by atoms with Crippen LogP contribution in [-0.4, -0.2) is 17.3 Å². The molecule has 0 amide bonds. The average Bonchev–Trinajstić information content (AvgIpc) is 2.86. The molecule has 1 aromatic carbocycles. The Kier molecular flexibility index (Phi) is 5.05. The molecule has 1 atom stereocenters. The number of benzene rings is 1. The molecule has 0 aliphatic rings. The molecule has 0 fully saturated rings. The Balaban J connectivity index is 2.09. The Hall–Kier alpha value is -1.26. The summed E-state index contributed by atoms with van der Waals surface area (Å²) in [5.41, 5.74) is 3.94. The molecule has 2 rings (SSSR count). The number of hydrogen-bond donors (Lipinski definition) is 1. The van der Waals surface area contributed by atoms with Gasteiger partial charge in [0.05, 0.1) is 6.20 Å². The molecule has 2 aromatic rings. The molecular weight excluding hydrogens is 256 g/mol. The number of oxazole rings is 1. The lowest BCUT2D eigenvalue weighted by atomic mass is 10.0. The third-order valence-corrected chi connectivity index (χ3v) is 3.83. The fourth-order valence-electron chi connectivity index (χ4n) is 2.17. The fourth-order valence-corrected chi connectivity index (χ4v) is 3.05. The Morgan fingerprint density at radius 1 is 1.26 bits per heavy atom. The van der Waals surface area contributed by atoms with Crippen molar-refractivity contribution >= 4 is 11.8 Å². The van der Waals surface area contributed by atoms with E-state index in [9.17, 15) is 0 Å². The normalized spacial score (nSPS) is 12.6. The molecule has 0 saturated heterocycles. The lowest BCUT2D eigenvalue weighted by Crippen LogP contribution is -2.23. The highest BCUT2D eigenvalue weighted by molar-refractivity contribution is 7.99. The zero-order valence-electron chi connectivity index (χ0n) is 11.6. The second-order valence-corrected chi connectivity index (χ2v) is 5.61. The van der Waals surface area contributed by atoms with Crippen molar-refractivity contribution in [1.82, 2.24) is 10.3 Å². The van der Waals surface area contributed by atoms with Crippen LogP contribution in [0.1, 0.15) is 29.7 Å². The molecule has 4 heteroatoms. The van der Waals surface area contributed by atoms with Gasteiger partial charge in [-0.25, -0.2) is 4.98 Å². The molecule has 1 N–H and O–H groups in total. The van der Waals surface area contributed by atoms with Crippen LogP contribution in [0.15, 0.2) is 40.3 Å². The van der Waals surface area contributed by atoms with E-state index in [-0.39, 0.29) is 0 Å². The number of rotatable bonds is 6. The topological polar surface area (TPSA) is 38.1 Å². The third kappa shape index (κ3) is 4.11. The quantitative estimate of drug-likeness (QED) is 0.816. The zero-order chi connectivity index (χ0) is 13.7. The van der Waals surface area contributed by atoms with Gasteiger partial charge >= 0.3 is 0 Å². The predicted molar refractivity (Wildman–Crippen MR) is 79.6 cm³/mol. The third-order valence-electron chi connectivity index (χ3n) is 2.88. The molecule has 0 bridgehead atoms. The minimum atomic E-state index is 0.320. The highest BCUT2D eigenvalue weighted by Gasteiger charge is 2.13. The van der Waals surface area contributed by atoms with Crippen molar-refractivity contribution < 1.29 is 4.42 Å². The van der Waals surface area contributed by atoms with Crippen molar-refractivity contribution in [1.29, 1.82) is 0 Å². The van der Waals surface area contributed by atoms with Crippen LogP contribution in [-0.2, 0) is 0 Å². The van der Waals surface area contributed by atoms with Gasteiger partial charge in [0.15, 0.2) is 0 Å². The van der Waals surface area contributed by atoms with Crippen molar-refractivity contribution in [2.24, 2.45) is 0 Å². The van der Waals surface area contributed by atoms with Crippen LogP contribution >= 0.6 is 11.8 Å². The van der Waals surface area contributed by atoms with Crippen molar-refractivity contribution in [2.75, 3.05) is 12.3 Å². The van der Waals surface area contributed by atoms with E-state index in [1.54, 1.807) is 24.2 Å². The van der Waals surface area contributed by atoms with Gasteiger partial charge in [-0.05, 0) is 26.0 Å². The summed E-state index contributed by atoms with van der Waals surface area (Å²) in [6.45, 7) is 7.36. The van der Waals surface area contributed by atoms with E-state index in [2.05, 4.69) is 49.3 Å². The molecule has 0 spiro atoms. The molecular formula is C15H20N2OS. The highest BCUT2D eigenvalue weighted by atomic mass is 32.2. The summed E-state index contributed by atoms with van der Waals surface area (Å²) in [6.07, 6.45) is 3.29. The Morgan fingerprint density at radius 2 is 2.00 bits per heavy atom. The molecule has 0 aliphatic carbocycles. The molecule has 0 saturated carbocycles. The van der Waals surface area contributed by atoms with Crippen molar-refractivity contribution in [3.8, 4) is 0 Å². The van der Waals surface area contributed by atoms with Crippen molar-refractivity contribution in [2.45, 2.75) is 32.0 Å². The van der Waals surface area contributed by atoms with Gasteiger partial charge < -0.3 is 9.73 Å². The maximum atomic E-state index is 5.27. The molecule has 0 radical (unpaired) electrons. The first-order valence-electron chi connectivity index (χ1n) is 6.53. The van der Waals surface area contributed by atoms with E-state index in [1.165, 1.54) is 16.7 Å². The average molecular weight is 276 g/mol. The number of aromatic nitrogens is 1. The predicted octanol–water partition coefficient (Wildman–Crippen LogP) is 3.73. The molecule has 0 aliphatic heterocycles. The van der Waals surface area contributed by atoms with Gasteiger partial charge in [-0.2, -0.15) is 0 Å². The van der Waals surface area contributed by atoms with Gasteiger partial charge in [0.2, 0.25) is 0 Å². The largest absolute Gasteiger partial charge is 0.440 e. The van der Waals surface area contributed by atoms with Crippen LogP contribution < -0.4 is 5.32 Å². The Bertz CT molecular complexity index is 491. The van der Waals surface area contributed by atoms with Crippen molar-refractivity contribution in [3.63, 3.8) is 0 Å². The smallest absolute Gasteiger partial charge is 0.255 e. The number of thioether (sulfide) groups is 1. The Labute approximate surface area is 118 Å². The first-order chi connectivity index (χ1) is 9.19. The second-order valence-electron chi connectivity index (χ2n) is 4.64. The van der Waals surface area contributed by atoms with E-state index in [0.29, 0.717) is 6.04 Å². The van der Waals surface area contributed by atoms with Crippen molar-refractivity contribution in [3.05, 3.63) is 47.3 Å². The van der Waals surface area contributed by atoms with Crippen LogP contribution in [0.25, 0.3) is 0 Å². The molecule has 19 heavy (non-hydrogen) atoms. The summed E-state index contributed by atoms with van der Waals surface area (Å²) >= 11 is 1.64. The van der Waals surface area contributed by atoms with Gasteiger partial charge in [-0.15, -0.1) is 0 Å². The standard InChI is InChI=1S/C15H20N2OS/c1-4-16-14(10-19-15-17-5-6-18-15)13-8-11(2)7-12(3)9-13/h5-9,14,16H,4,10H2,1-3H3. The first kappa shape index (κ1) is 14.2. The van der Waals surface area contributed by atoms with Gasteiger partial charge in [0, 0.05) is 11.8 Å². The van der Waals surface area contributed by atoms with Gasteiger partial charge in [-0.3, -0.25) is 0 Å². The molecule has 102 valence electrons. The first-order valence-corrected chi connectivity index (χ1v) is 7.51. The Morgan fingerprint density at radius 3 is 2.58 bits per heavy atom. The maximum absolute atomic E-state index is 5.27. The monoisotopic (exact) mass is 276 g/mol. The van der Waals surface area contributed by atoms with Crippen LogP contribution in [0.5, 0.6) is 0 Å². The van der Waals surface area contributed by atoms with E-state index < -0.39 is 0 Å². The molecule has 1 heterocycles. The molecule has 3 nitrogen and oxygen atoms in total. The second kappa shape index (κ2) is 6.78. The summed E-state index contributed by atoms with van der Waals surface area (Å²) in [4.78, 5) is 4.15. The maximum Gasteiger partial charge on any atom is 0.255 e. The van der Waals surface area contributed by atoms with Gasteiger partial charge in [0.25, 0.3) is 5.22 Å². The number of nitrogens with one attached hydrogen (secondary N) is 1. The van der Waals surface area contributed by atoms with Crippen LogP contribution in [0.3, 0.4) is 0 Å². The highest BCUT2D eigenvalue weighted by Crippen LogP contribution is 2.24. The summed E-state index contributed by atoms with van der Waals surface area (Å²) in [7, 11) is 0.